The van der Waals surface area contributed by atoms with Gasteiger partial charge in [-0.1, -0.05) is 56.7 Å². The van der Waals surface area contributed by atoms with Crippen molar-refractivity contribution in [1.82, 2.24) is 4.90 Å². The summed E-state index contributed by atoms with van der Waals surface area (Å²) in [6, 6.07) is 15.4. The summed E-state index contributed by atoms with van der Waals surface area (Å²) in [5.41, 5.74) is 8.13. The van der Waals surface area contributed by atoms with Gasteiger partial charge in [0.1, 0.15) is 5.75 Å². The molecule has 4 rings (SSSR count). The van der Waals surface area contributed by atoms with Gasteiger partial charge < -0.3 is 9.84 Å². The van der Waals surface area contributed by atoms with Crippen LogP contribution in [0.5, 0.6) is 5.75 Å². The number of aryl methyl sites for hydroxylation is 1. The fraction of sp³-hybridized carbons (Fsp3) is 0.464. The summed E-state index contributed by atoms with van der Waals surface area (Å²) in [6.45, 7) is 11.8. The highest BCUT2D eigenvalue weighted by Crippen LogP contribution is 2.35. The van der Waals surface area contributed by atoms with Gasteiger partial charge in [-0.3, -0.25) is 9.69 Å². The Hall–Kier alpha value is -2.30. The van der Waals surface area contributed by atoms with Gasteiger partial charge >= 0.3 is 5.97 Å². The lowest BCUT2D eigenvalue weighted by Crippen LogP contribution is -2.50. The Labute approximate surface area is 204 Å². The Kier molecular flexibility index (Phi) is 8.25. The molecule has 1 aliphatic carbocycles. The van der Waals surface area contributed by atoms with Crippen molar-refractivity contribution in [3.05, 3.63) is 70.3 Å². The molecule has 2 aliphatic rings. The van der Waals surface area contributed by atoms with Gasteiger partial charge in [-0.25, -0.2) is 0 Å². The molecule has 0 saturated carbocycles. The van der Waals surface area contributed by atoms with Gasteiger partial charge in [-0.2, -0.15) is 0 Å². The summed E-state index contributed by atoms with van der Waals surface area (Å²) in [5, 5.41) is 9.09. The largest absolute Gasteiger partial charge is 0.493 e. The molecular formula is C28H36ClNO3. The maximum Gasteiger partial charge on any atom is 0.309 e. The summed E-state index contributed by atoms with van der Waals surface area (Å²) in [5.74, 6) is 0.971. The van der Waals surface area contributed by atoms with E-state index < -0.39 is 5.97 Å². The predicted octanol–water partition coefficient (Wildman–Crippen LogP) is 6.15. The number of likely N-dealkylation sites (tertiary alicyclic amines) is 1. The smallest absolute Gasteiger partial charge is 0.309 e. The van der Waals surface area contributed by atoms with E-state index in [9.17, 15) is 4.79 Å². The number of nitrogens with zero attached hydrogens (tertiary/aromatic N) is 1. The van der Waals surface area contributed by atoms with Crippen LogP contribution >= 0.6 is 12.4 Å². The highest BCUT2D eigenvalue weighted by molar-refractivity contribution is 5.85. The molecule has 0 aromatic heterocycles. The maximum absolute atomic E-state index is 11.0. The summed E-state index contributed by atoms with van der Waals surface area (Å²) in [6.07, 6.45) is 2.05. The molecule has 1 heterocycles. The summed E-state index contributed by atoms with van der Waals surface area (Å²) in [7, 11) is 0. The number of aliphatic carboxylic acids is 1. The number of benzene rings is 2. The van der Waals surface area contributed by atoms with Crippen LogP contribution in [-0.4, -0.2) is 42.2 Å². The second-order valence-electron chi connectivity index (χ2n) is 9.81. The highest BCUT2D eigenvalue weighted by atomic mass is 35.5. The second kappa shape index (κ2) is 10.8. The van der Waals surface area contributed by atoms with Crippen molar-refractivity contribution in [2.45, 2.75) is 52.4 Å². The monoisotopic (exact) mass is 469 g/mol. The van der Waals surface area contributed by atoms with Crippen LogP contribution in [-0.2, 0) is 11.2 Å². The third-order valence-corrected chi connectivity index (χ3v) is 7.10. The van der Waals surface area contributed by atoms with E-state index in [0.29, 0.717) is 31.5 Å². The number of allylic oxidation sites excluding steroid dienone is 1. The zero-order valence-corrected chi connectivity index (χ0v) is 21.0. The van der Waals surface area contributed by atoms with Crippen molar-refractivity contribution < 1.29 is 14.6 Å². The third-order valence-electron chi connectivity index (χ3n) is 7.10. The predicted molar refractivity (Wildman–Crippen MR) is 137 cm³/mol. The van der Waals surface area contributed by atoms with Crippen molar-refractivity contribution in [2.24, 2.45) is 5.92 Å². The second-order valence-corrected chi connectivity index (χ2v) is 9.81. The average Bonchev–Trinajstić information content (AvgIpc) is 2.75. The summed E-state index contributed by atoms with van der Waals surface area (Å²) in [4.78, 5) is 13.3. The quantitative estimate of drug-likeness (QED) is 0.503. The number of hydrogen-bond donors (Lipinski definition) is 1. The van der Waals surface area contributed by atoms with Crippen LogP contribution in [0.25, 0.3) is 5.57 Å². The van der Waals surface area contributed by atoms with E-state index >= 15 is 0 Å². The van der Waals surface area contributed by atoms with E-state index in [2.05, 4.69) is 75.1 Å². The molecule has 2 aromatic rings. The minimum atomic E-state index is -0.671. The van der Waals surface area contributed by atoms with E-state index in [1.54, 1.807) is 0 Å². The lowest BCUT2D eigenvalue weighted by atomic mass is 9.85. The van der Waals surface area contributed by atoms with E-state index in [0.717, 1.165) is 25.1 Å². The number of carbonyl (C=O) groups is 1. The number of ether oxygens (including phenoxy) is 1. The summed E-state index contributed by atoms with van der Waals surface area (Å²) >= 11 is 0. The van der Waals surface area contributed by atoms with Crippen LogP contribution in [0.2, 0.25) is 0 Å². The van der Waals surface area contributed by atoms with E-state index in [1.165, 1.54) is 33.4 Å². The molecule has 1 unspecified atom stereocenters. The Bertz CT molecular complexity index is 1010. The molecule has 4 nitrogen and oxygen atoms in total. The number of rotatable bonds is 8. The molecule has 0 bridgehead atoms. The first-order chi connectivity index (χ1) is 15.3. The lowest BCUT2D eigenvalue weighted by Gasteiger charge is -2.38. The van der Waals surface area contributed by atoms with Crippen LogP contribution in [0.15, 0.2) is 48.0 Å². The van der Waals surface area contributed by atoms with Crippen LogP contribution in [0.1, 0.15) is 68.2 Å². The van der Waals surface area contributed by atoms with E-state index in [-0.39, 0.29) is 18.3 Å². The molecular weight excluding hydrogens is 434 g/mol. The molecule has 178 valence electrons. The SMILES string of the molecule is CC1=C(CN2CC(C(=O)O)C2)CCc2cc(OCC(C)c3ccc(C(C)C)cc3)ccc21.Cl. The van der Waals surface area contributed by atoms with Gasteiger partial charge in [0.05, 0.1) is 12.5 Å². The molecule has 0 amide bonds. The van der Waals surface area contributed by atoms with Gasteiger partial charge in [0.2, 0.25) is 0 Å². The standard InChI is InChI=1S/C28H35NO3.ClH/c1-18(2)21-5-7-22(8-6-21)19(3)17-32-26-11-12-27-20(4)24(10-9-23(27)13-26)14-29-15-25(16-29)28(30)31;/h5-8,11-13,18-19,25H,9-10,14-17H2,1-4H3,(H,30,31);1H. The van der Waals surface area contributed by atoms with Crippen molar-refractivity contribution in [3.63, 3.8) is 0 Å². The molecule has 1 N–H and O–H groups in total. The molecule has 1 atom stereocenters. The van der Waals surface area contributed by atoms with Crippen molar-refractivity contribution in [3.8, 4) is 5.75 Å². The van der Waals surface area contributed by atoms with Gasteiger partial charge in [0.25, 0.3) is 0 Å². The van der Waals surface area contributed by atoms with Gasteiger partial charge in [0.15, 0.2) is 0 Å². The summed E-state index contributed by atoms with van der Waals surface area (Å²) < 4.78 is 6.17. The minimum Gasteiger partial charge on any atom is -0.493 e. The van der Waals surface area contributed by atoms with Crippen LogP contribution in [0, 0.1) is 5.92 Å². The molecule has 0 spiro atoms. The van der Waals surface area contributed by atoms with Crippen molar-refractivity contribution in [2.75, 3.05) is 26.2 Å². The minimum absolute atomic E-state index is 0. The van der Waals surface area contributed by atoms with Crippen LogP contribution < -0.4 is 4.74 Å². The fourth-order valence-electron chi connectivity index (χ4n) is 4.75. The fourth-order valence-corrected chi connectivity index (χ4v) is 4.75. The van der Waals surface area contributed by atoms with Gasteiger partial charge in [-0.05, 0) is 65.6 Å². The number of hydrogen-bond acceptors (Lipinski definition) is 3. The molecule has 33 heavy (non-hydrogen) atoms. The first-order valence-corrected chi connectivity index (χ1v) is 11.8. The number of halogens is 1. The first kappa shape index (κ1) is 25.3. The Morgan fingerprint density at radius 1 is 1.06 bits per heavy atom. The van der Waals surface area contributed by atoms with E-state index in [4.69, 9.17) is 9.84 Å². The molecule has 1 aliphatic heterocycles. The van der Waals surface area contributed by atoms with Gasteiger partial charge in [0, 0.05) is 25.6 Å². The Balaban J connectivity index is 0.00000306. The van der Waals surface area contributed by atoms with Crippen LogP contribution in [0.3, 0.4) is 0 Å². The molecule has 1 saturated heterocycles. The molecule has 1 fully saturated rings. The lowest BCUT2D eigenvalue weighted by molar-refractivity contribution is -0.147. The van der Waals surface area contributed by atoms with E-state index in [1.807, 2.05) is 0 Å². The topological polar surface area (TPSA) is 49.8 Å². The highest BCUT2D eigenvalue weighted by Gasteiger charge is 2.33. The van der Waals surface area contributed by atoms with Crippen molar-refractivity contribution in [1.29, 1.82) is 0 Å². The average molecular weight is 470 g/mol. The van der Waals surface area contributed by atoms with Gasteiger partial charge in [-0.15, -0.1) is 12.4 Å². The molecule has 0 radical (unpaired) electrons. The third kappa shape index (κ3) is 5.80. The number of fused-ring (bicyclic) bond motifs is 1. The normalized spacial score (nSPS) is 17.2. The Morgan fingerprint density at radius 2 is 1.73 bits per heavy atom. The van der Waals surface area contributed by atoms with Crippen LogP contribution in [0.4, 0.5) is 0 Å². The zero-order valence-electron chi connectivity index (χ0n) is 20.1. The molecule has 5 heteroatoms. The first-order valence-electron chi connectivity index (χ1n) is 11.8. The van der Waals surface area contributed by atoms with Crippen molar-refractivity contribution >= 4 is 23.9 Å². The molecule has 2 aromatic carbocycles. The number of carboxylic acid groups (broad SMARTS) is 1. The number of carboxylic acids is 1. The zero-order chi connectivity index (χ0) is 22.8. The Morgan fingerprint density at radius 3 is 2.36 bits per heavy atom. The maximum atomic E-state index is 11.0.